The molecular weight excluding hydrogens is 196 g/mol. The van der Waals surface area contributed by atoms with E-state index in [9.17, 15) is 9.90 Å². The van der Waals surface area contributed by atoms with Gasteiger partial charge in [-0.3, -0.25) is 0 Å². The smallest absolute Gasteiger partial charge is 0.335 e. The Morgan fingerprint density at radius 3 is 2.80 bits per heavy atom. The van der Waals surface area contributed by atoms with E-state index in [0.717, 1.165) is 0 Å². The monoisotopic (exact) mass is 208 g/mol. The first-order valence-corrected chi connectivity index (χ1v) is 4.73. The van der Waals surface area contributed by atoms with Gasteiger partial charge in [-0.15, -0.1) is 0 Å². The van der Waals surface area contributed by atoms with Gasteiger partial charge in [0.25, 0.3) is 0 Å². The summed E-state index contributed by atoms with van der Waals surface area (Å²) in [4.78, 5) is 14.7. The number of anilines is 1. The van der Waals surface area contributed by atoms with Crippen LogP contribution in [0.15, 0.2) is 24.4 Å². The van der Waals surface area contributed by atoms with E-state index in [4.69, 9.17) is 5.11 Å². The van der Waals surface area contributed by atoms with Crippen LogP contribution in [0.4, 0.5) is 5.82 Å². The van der Waals surface area contributed by atoms with Crippen LogP contribution in [0.25, 0.3) is 0 Å². The molecule has 15 heavy (non-hydrogen) atoms. The molecule has 0 aromatic carbocycles. The molecule has 80 valence electrons. The predicted molar refractivity (Wildman–Crippen MR) is 53.5 cm³/mol. The number of hydrogen-bond acceptors (Lipinski definition) is 4. The Balaban J connectivity index is 1.89. The van der Waals surface area contributed by atoms with Crippen LogP contribution in [0.1, 0.15) is 12.8 Å². The molecular formula is C10H12N2O3. The number of pyridine rings is 1. The molecule has 0 unspecified atom stereocenters. The van der Waals surface area contributed by atoms with Crippen molar-refractivity contribution in [2.45, 2.75) is 24.5 Å². The van der Waals surface area contributed by atoms with Crippen LogP contribution in [-0.4, -0.2) is 32.8 Å². The van der Waals surface area contributed by atoms with Crippen molar-refractivity contribution in [3.63, 3.8) is 0 Å². The summed E-state index contributed by atoms with van der Waals surface area (Å²) in [5.41, 5.74) is -1.55. The number of aliphatic hydroxyl groups is 1. The van der Waals surface area contributed by atoms with Crippen LogP contribution in [0, 0.1) is 0 Å². The quantitative estimate of drug-likeness (QED) is 0.672. The highest BCUT2D eigenvalue weighted by atomic mass is 16.4. The molecule has 0 amide bonds. The Morgan fingerprint density at radius 1 is 1.53 bits per heavy atom. The lowest BCUT2D eigenvalue weighted by atomic mass is 9.76. The summed E-state index contributed by atoms with van der Waals surface area (Å²) in [6.07, 6.45) is 2.10. The minimum absolute atomic E-state index is 0.0130. The van der Waals surface area contributed by atoms with Crippen LogP contribution < -0.4 is 5.32 Å². The molecule has 0 radical (unpaired) electrons. The van der Waals surface area contributed by atoms with Crippen LogP contribution in [-0.2, 0) is 4.79 Å². The van der Waals surface area contributed by atoms with Gasteiger partial charge in [0.2, 0.25) is 0 Å². The van der Waals surface area contributed by atoms with Gasteiger partial charge in [-0.25, -0.2) is 9.78 Å². The summed E-state index contributed by atoms with van der Waals surface area (Å²) in [6, 6.07) is 5.44. The second kappa shape index (κ2) is 3.51. The fourth-order valence-electron chi connectivity index (χ4n) is 1.69. The summed E-state index contributed by atoms with van der Waals surface area (Å²) < 4.78 is 0. The number of aliphatic carboxylic acids is 1. The fraction of sp³-hybridized carbons (Fsp3) is 0.400. The zero-order valence-corrected chi connectivity index (χ0v) is 8.05. The standard InChI is InChI=1S/C10H12N2O3/c13-9(14)10(15)5-7(6-10)12-8-3-1-2-4-11-8/h1-4,7,15H,5-6H2,(H,11,12)(H,13,14). The maximum Gasteiger partial charge on any atom is 0.335 e. The Kier molecular flexibility index (Phi) is 2.32. The first kappa shape index (κ1) is 9.92. The molecule has 0 bridgehead atoms. The van der Waals surface area contributed by atoms with Gasteiger partial charge in [-0.1, -0.05) is 6.07 Å². The number of nitrogens with one attached hydrogen (secondary N) is 1. The molecule has 0 aliphatic heterocycles. The molecule has 1 aliphatic rings. The van der Waals surface area contributed by atoms with E-state index in [1.165, 1.54) is 0 Å². The van der Waals surface area contributed by atoms with Gasteiger partial charge in [0.15, 0.2) is 5.60 Å². The van der Waals surface area contributed by atoms with Crippen molar-refractivity contribution in [2.75, 3.05) is 5.32 Å². The minimum atomic E-state index is -1.55. The second-order valence-corrected chi connectivity index (χ2v) is 3.80. The number of nitrogens with zero attached hydrogens (tertiary/aromatic N) is 1. The highest BCUT2D eigenvalue weighted by Crippen LogP contribution is 2.34. The van der Waals surface area contributed by atoms with E-state index in [2.05, 4.69) is 10.3 Å². The van der Waals surface area contributed by atoms with E-state index < -0.39 is 11.6 Å². The number of aromatic nitrogens is 1. The van der Waals surface area contributed by atoms with Crippen molar-refractivity contribution < 1.29 is 15.0 Å². The van der Waals surface area contributed by atoms with E-state index in [1.54, 1.807) is 18.3 Å². The Morgan fingerprint density at radius 2 is 2.27 bits per heavy atom. The SMILES string of the molecule is O=C(O)C1(O)CC(Nc2ccccn2)C1. The topological polar surface area (TPSA) is 82.5 Å². The highest BCUT2D eigenvalue weighted by molar-refractivity contribution is 5.79. The number of carboxylic acids is 1. The molecule has 1 heterocycles. The van der Waals surface area contributed by atoms with E-state index in [1.807, 2.05) is 6.07 Å². The molecule has 1 fully saturated rings. The number of carboxylic acid groups (broad SMARTS) is 1. The van der Waals surface area contributed by atoms with Crippen LogP contribution in [0.5, 0.6) is 0 Å². The summed E-state index contributed by atoms with van der Waals surface area (Å²) in [6.45, 7) is 0. The molecule has 5 heteroatoms. The average molecular weight is 208 g/mol. The summed E-state index contributed by atoms with van der Waals surface area (Å²) in [5, 5.41) is 21.2. The van der Waals surface area contributed by atoms with Crippen LogP contribution >= 0.6 is 0 Å². The molecule has 5 nitrogen and oxygen atoms in total. The second-order valence-electron chi connectivity index (χ2n) is 3.80. The van der Waals surface area contributed by atoms with Crippen molar-refractivity contribution >= 4 is 11.8 Å². The molecule has 1 aromatic heterocycles. The summed E-state index contributed by atoms with van der Waals surface area (Å²) >= 11 is 0. The maximum atomic E-state index is 10.6. The Hall–Kier alpha value is -1.62. The van der Waals surface area contributed by atoms with Crippen molar-refractivity contribution in [2.24, 2.45) is 0 Å². The molecule has 0 saturated heterocycles. The lowest BCUT2D eigenvalue weighted by molar-refractivity contribution is -0.168. The van der Waals surface area contributed by atoms with Gasteiger partial charge in [-0.2, -0.15) is 0 Å². The van der Waals surface area contributed by atoms with Crippen molar-refractivity contribution in [1.82, 2.24) is 4.98 Å². The van der Waals surface area contributed by atoms with Gasteiger partial charge in [0.1, 0.15) is 5.82 Å². The zero-order valence-electron chi connectivity index (χ0n) is 8.05. The third-order valence-corrected chi connectivity index (χ3v) is 2.58. The molecule has 2 rings (SSSR count). The molecule has 1 aromatic rings. The van der Waals surface area contributed by atoms with Gasteiger partial charge in [-0.05, 0) is 12.1 Å². The normalized spacial score (nSPS) is 29.3. The van der Waals surface area contributed by atoms with E-state index in [0.29, 0.717) is 5.82 Å². The van der Waals surface area contributed by atoms with Gasteiger partial charge in [0, 0.05) is 25.1 Å². The molecule has 1 saturated carbocycles. The van der Waals surface area contributed by atoms with Crippen molar-refractivity contribution in [3.8, 4) is 0 Å². The third kappa shape index (κ3) is 1.92. The lowest BCUT2D eigenvalue weighted by Gasteiger charge is -2.40. The zero-order chi connectivity index (χ0) is 10.9. The number of rotatable bonds is 3. The molecule has 3 N–H and O–H groups in total. The van der Waals surface area contributed by atoms with Gasteiger partial charge < -0.3 is 15.5 Å². The Bertz CT molecular complexity index is 360. The summed E-state index contributed by atoms with van der Waals surface area (Å²) in [5.74, 6) is -0.448. The molecule has 1 aliphatic carbocycles. The van der Waals surface area contributed by atoms with Gasteiger partial charge >= 0.3 is 5.97 Å². The van der Waals surface area contributed by atoms with E-state index >= 15 is 0 Å². The average Bonchev–Trinajstić information content (AvgIpc) is 2.16. The lowest BCUT2D eigenvalue weighted by Crippen LogP contribution is -2.55. The van der Waals surface area contributed by atoms with Crippen LogP contribution in [0.2, 0.25) is 0 Å². The largest absolute Gasteiger partial charge is 0.479 e. The van der Waals surface area contributed by atoms with Crippen molar-refractivity contribution in [1.29, 1.82) is 0 Å². The maximum absolute atomic E-state index is 10.6. The number of hydrogen-bond donors (Lipinski definition) is 3. The Labute approximate surface area is 86.8 Å². The fourth-order valence-corrected chi connectivity index (χ4v) is 1.69. The third-order valence-electron chi connectivity index (χ3n) is 2.58. The minimum Gasteiger partial charge on any atom is -0.479 e. The van der Waals surface area contributed by atoms with Crippen LogP contribution in [0.3, 0.4) is 0 Å². The summed E-state index contributed by atoms with van der Waals surface area (Å²) in [7, 11) is 0. The first-order valence-electron chi connectivity index (χ1n) is 4.73. The van der Waals surface area contributed by atoms with Gasteiger partial charge in [0.05, 0.1) is 0 Å². The molecule has 0 atom stereocenters. The first-order chi connectivity index (χ1) is 7.10. The molecule has 0 spiro atoms. The highest BCUT2D eigenvalue weighted by Gasteiger charge is 2.49. The van der Waals surface area contributed by atoms with E-state index in [-0.39, 0.29) is 18.9 Å². The van der Waals surface area contributed by atoms with Crippen molar-refractivity contribution in [3.05, 3.63) is 24.4 Å². The predicted octanol–water partition coefficient (Wildman–Crippen LogP) is 0.472. The number of carbonyl (C=O) groups is 1.